The molecule has 0 amide bonds. The highest BCUT2D eigenvalue weighted by Gasteiger charge is 2.30. The van der Waals surface area contributed by atoms with Crippen molar-refractivity contribution in [1.82, 2.24) is 9.97 Å². The monoisotopic (exact) mass is 336 g/mol. The quantitative estimate of drug-likeness (QED) is 0.897. The largest absolute Gasteiger partial charge is 0.416 e. The second-order valence-corrected chi connectivity index (χ2v) is 6.13. The van der Waals surface area contributed by atoms with Crippen LogP contribution < -0.4 is 10.2 Å². The van der Waals surface area contributed by atoms with E-state index in [-0.39, 0.29) is 0 Å². The summed E-state index contributed by atoms with van der Waals surface area (Å²) >= 11 is 0. The first-order valence-electron chi connectivity index (χ1n) is 7.93. The van der Waals surface area contributed by atoms with Crippen LogP contribution in [-0.2, 0) is 6.18 Å². The molecule has 4 nitrogen and oxygen atoms in total. The zero-order valence-corrected chi connectivity index (χ0v) is 13.3. The lowest BCUT2D eigenvalue weighted by atomic mass is 9.99. The molecule has 0 bridgehead atoms. The van der Waals surface area contributed by atoms with Gasteiger partial charge in [0.15, 0.2) is 0 Å². The van der Waals surface area contributed by atoms with Crippen LogP contribution in [0.4, 0.5) is 30.5 Å². The molecule has 0 unspecified atom stereocenters. The molecule has 1 N–H and O–H groups in total. The Hall–Kier alpha value is -2.31. The molecule has 1 aromatic carbocycles. The van der Waals surface area contributed by atoms with Crippen molar-refractivity contribution in [3.8, 4) is 0 Å². The minimum Gasteiger partial charge on any atom is -0.356 e. The number of piperidine rings is 1. The number of benzene rings is 1. The number of halogens is 3. The standard InChI is InChI=1S/C17H19F3N4/c1-12-5-7-24(8-6-12)16-10-15(21-11-22-16)23-14-4-2-3-13(9-14)17(18,19)20/h2-4,9-12H,5-8H2,1H3,(H,21,22,23). The Morgan fingerprint density at radius 1 is 1.12 bits per heavy atom. The highest BCUT2D eigenvalue weighted by Crippen LogP contribution is 2.31. The van der Waals surface area contributed by atoms with Crippen molar-refractivity contribution in [1.29, 1.82) is 0 Å². The molecule has 0 atom stereocenters. The molecular weight excluding hydrogens is 317 g/mol. The lowest BCUT2D eigenvalue weighted by Crippen LogP contribution is -2.33. The molecule has 0 radical (unpaired) electrons. The fourth-order valence-corrected chi connectivity index (χ4v) is 2.75. The molecule has 128 valence electrons. The maximum absolute atomic E-state index is 12.8. The van der Waals surface area contributed by atoms with E-state index < -0.39 is 11.7 Å². The van der Waals surface area contributed by atoms with Crippen molar-refractivity contribution in [2.75, 3.05) is 23.3 Å². The van der Waals surface area contributed by atoms with Gasteiger partial charge in [-0.15, -0.1) is 0 Å². The fourth-order valence-electron chi connectivity index (χ4n) is 2.75. The van der Waals surface area contributed by atoms with E-state index in [9.17, 15) is 13.2 Å². The summed E-state index contributed by atoms with van der Waals surface area (Å²) in [6.07, 6.45) is -0.705. The Labute approximate surface area is 138 Å². The Morgan fingerprint density at radius 2 is 1.88 bits per heavy atom. The Bertz CT molecular complexity index is 694. The highest BCUT2D eigenvalue weighted by atomic mass is 19.4. The van der Waals surface area contributed by atoms with Gasteiger partial charge in [0, 0.05) is 24.8 Å². The zero-order chi connectivity index (χ0) is 17.2. The van der Waals surface area contributed by atoms with Crippen LogP contribution in [0, 0.1) is 5.92 Å². The van der Waals surface area contributed by atoms with Gasteiger partial charge in [0.25, 0.3) is 0 Å². The van der Waals surface area contributed by atoms with Crippen LogP contribution in [0.5, 0.6) is 0 Å². The summed E-state index contributed by atoms with van der Waals surface area (Å²) in [4.78, 5) is 10.6. The Kier molecular flexibility index (Phi) is 4.59. The lowest BCUT2D eigenvalue weighted by Gasteiger charge is -2.31. The molecule has 2 heterocycles. The van der Waals surface area contributed by atoms with Crippen LogP contribution in [0.25, 0.3) is 0 Å². The molecule has 7 heteroatoms. The average molecular weight is 336 g/mol. The van der Waals surface area contributed by atoms with Gasteiger partial charge in [0.1, 0.15) is 18.0 Å². The van der Waals surface area contributed by atoms with E-state index in [1.54, 1.807) is 12.1 Å². The van der Waals surface area contributed by atoms with E-state index in [0.29, 0.717) is 17.4 Å². The van der Waals surface area contributed by atoms with Gasteiger partial charge in [0.05, 0.1) is 5.56 Å². The Balaban J connectivity index is 1.75. The summed E-state index contributed by atoms with van der Waals surface area (Å²) in [5.74, 6) is 2.00. The second-order valence-electron chi connectivity index (χ2n) is 6.13. The smallest absolute Gasteiger partial charge is 0.356 e. The van der Waals surface area contributed by atoms with Crippen LogP contribution in [0.1, 0.15) is 25.3 Å². The van der Waals surface area contributed by atoms with Gasteiger partial charge in [-0.1, -0.05) is 13.0 Å². The molecule has 1 aliphatic rings. The topological polar surface area (TPSA) is 41.0 Å². The van der Waals surface area contributed by atoms with Gasteiger partial charge in [-0.2, -0.15) is 13.2 Å². The van der Waals surface area contributed by atoms with E-state index >= 15 is 0 Å². The number of aromatic nitrogens is 2. The predicted octanol–water partition coefficient (Wildman–Crippen LogP) is 4.48. The summed E-state index contributed by atoms with van der Waals surface area (Å²) < 4.78 is 38.4. The van der Waals surface area contributed by atoms with Crippen molar-refractivity contribution < 1.29 is 13.2 Å². The minimum absolute atomic E-state index is 0.349. The fraction of sp³-hybridized carbons (Fsp3) is 0.412. The van der Waals surface area contributed by atoms with Crippen LogP contribution in [0.15, 0.2) is 36.7 Å². The SMILES string of the molecule is CC1CCN(c2cc(Nc3cccc(C(F)(F)F)c3)ncn2)CC1. The van der Waals surface area contributed by atoms with E-state index in [0.717, 1.165) is 43.9 Å². The molecular formula is C17H19F3N4. The molecule has 1 aliphatic heterocycles. The number of anilines is 3. The molecule has 0 aliphatic carbocycles. The summed E-state index contributed by atoms with van der Waals surface area (Å²) in [5, 5.41) is 2.93. The summed E-state index contributed by atoms with van der Waals surface area (Å²) in [7, 11) is 0. The lowest BCUT2D eigenvalue weighted by molar-refractivity contribution is -0.137. The average Bonchev–Trinajstić information content (AvgIpc) is 2.55. The minimum atomic E-state index is -4.36. The third kappa shape index (κ3) is 3.96. The van der Waals surface area contributed by atoms with E-state index in [1.807, 2.05) is 0 Å². The van der Waals surface area contributed by atoms with Crippen molar-refractivity contribution in [3.05, 3.63) is 42.2 Å². The van der Waals surface area contributed by atoms with Gasteiger partial charge in [0.2, 0.25) is 0 Å². The molecule has 3 rings (SSSR count). The summed E-state index contributed by atoms with van der Waals surface area (Å²) in [6, 6.07) is 6.85. The number of rotatable bonds is 3. The molecule has 1 saturated heterocycles. The van der Waals surface area contributed by atoms with Crippen LogP contribution >= 0.6 is 0 Å². The van der Waals surface area contributed by atoms with E-state index in [2.05, 4.69) is 27.1 Å². The molecule has 1 fully saturated rings. The van der Waals surface area contributed by atoms with Crippen molar-refractivity contribution in [2.45, 2.75) is 25.9 Å². The maximum atomic E-state index is 12.8. The predicted molar refractivity (Wildman–Crippen MR) is 87.4 cm³/mol. The van der Waals surface area contributed by atoms with Crippen LogP contribution in [0.2, 0.25) is 0 Å². The van der Waals surface area contributed by atoms with E-state index in [1.165, 1.54) is 12.4 Å². The molecule has 0 saturated carbocycles. The van der Waals surface area contributed by atoms with Crippen molar-refractivity contribution in [3.63, 3.8) is 0 Å². The number of hydrogen-bond donors (Lipinski definition) is 1. The summed E-state index contributed by atoms with van der Waals surface area (Å²) in [5.41, 5.74) is -0.339. The van der Waals surface area contributed by atoms with Crippen LogP contribution in [-0.4, -0.2) is 23.1 Å². The first-order chi connectivity index (χ1) is 11.4. The van der Waals surface area contributed by atoms with Crippen LogP contribution in [0.3, 0.4) is 0 Å². The number of nitrogens with zero attached hydrogens (tertiary/aromatic N) is 3. The molecule has 24 heavy (non-hydrogen) atoms. The third-order valence-corrected chi connectivity index (χ3v) is 4.22. The number of nitrogens with one attached hydrogen (secondary N) is 1. The number of hydrogen-bond acceptors (Lipinski definition) is 4. The molecule has 2 aromatic rings. The van der Waals surface area contributed by atoms with Gasteiger partial charge in [-0.3, -0.25) is 0 Å². The normalized spacial score (nSPS) is 16.2. The highest BCUT2D eigenvalue weighted by molar-refractivity contribution is 5.60. The molecule has 0 spiro atoms. The Morgan fingerprint density at radius 3 is 2.58 bits per heavy atom. The van der Waals surface area contributed by atoms with Crippen molar-refractivity contribution >= 4 is 17.3 Å². The van der Waals surface area contributed by atoms with Gasteiger partial charge in [-0.05, 0) is 37.0 Å². The molecule has 1 aromatic heterocycles. The second kappa shape index (κ2) is 6.67. The zero-order valence-electron chi connectivity index (χ0n) is 13.3. The number of alkyl halides is 3. The van der Waals surface area contributed by atoms with Crippen molar-refractivity contribution in [2.24, 2.45) is 5.92 Å². The van der Waals surface area contributed by atoms with Gasteiger partial charge >= 0.3 is 6.18 Å². The first-order valence-corrected chi connectivity index (χ1v) is 7.93. The summed E-state index contributed by atoms with van der Waals surface area (Å²) in [6.45, 7) is 4.10. The third-order valence-electron chi connectivity index (χ3n) is 4.22. The maximum Gasteiger partial charge on any atom is 0.416 e. The van der Waals surface area contributed by atoms with E-state index in [4.69, 9.17) is 0 Å². The van der Waals surface area contributed by atoms with Gasteiger partial charge in [-0.25, -0.2) is 9.97 Å². The van der Waals surface area contributed by atoms with Gasteiger partial charge < -0.3 is 10.2 Å². The first kappa shape index (κ1) is 16.5.